The molecule has 0 amide bonds. The summed E-state index contributed by atoms with van der Waals surface area (Å²) < 4.78 is 65.4. The molecule has 32 heavy (non-hydrogen) atoms. The summed E-state index contributed by atoms with van der Waals surface area (Å²) in [5, 5.41) is 0.616. The summed E-state index contributed by atoms with van der Waals surface area (Å²) in [5.41, 5.74) is -1.25. The van der Waals surface area contributed by atoms with E-state index in [2.05, 4.69) is 0 Å². The summed E-state index contributed by atoms with van der Waals surface area (Å²) in [5.74, 6) is -7.75. The first kappa shape index (κ1) is 21.0. The normalized spacial score (nSPS) is 10.8. The average Bonchev–Trinajstić information content (AvgIpc) is 2.77. The van der Waals surface area contributed by atoms with E-state index in [0.29, 0.717) is 5.39 Å². The van der Waals surface area contributed by atoms with Crippen LogP contribution >= 0.6 is 0 Å². The van der Waals surface area contributed by atoms with E-state index in [1.165, 1.54) is 24.3 Å². The lowest BCUT2D eigenvalue weighted by molar-refractivity contribution is 0.0729. The van der Waals surface area contributed by atoms with Crippen molar-refractivity contribution in [1.82, 2.24) is 0 Å². The van der Waals surface area contributed by atoms with Crippen LogP contribution in [-0.4, -0.2) is 11.9 Å². The van der Waals surface area contributed by atoms with Gasteiger partial charge in [-0.25, -0.2) is 27.2 Å². The quantitative estimate of drug-likeness (QED) is 0.228. The number of hydrogen-bond acceptors (Lipinski definition) is 4. The number of fused-ring (bicyclic) bond motifs is 1. The number of hydrogen-bond donors (Lipinski definition) is 0. The Balaban J connectivity index is 1.73. The molecule has 4 aromatic rings. The predicted molar refractivity (Wildman–Crippen MR) is 107 cm³/mol. The van der Waals surface area contributed by atoms with Crippen LogP contribution in [0, 0.1) is 23.3 Å². The van der Waals surface area contributed by atoms with Crippen LogP contribution in [0.2, 0.25) is 0 Å². The van der Waals surface area contributed by atoms with Crippen LogP contribution in [0.4, 0.5) is 17.6 Å². The number of esters is 2. The highest BCUT2D eigenvalue weighted by molar-refractivity contribution is 6.00. The molecule has 0 aliphatic rings. The maximum absolute atomic E-state index is 14.0. The summed E-state index contributed by atoms with van der Waals surface area (Å²) in [4.78, 5) is 24.9. The van der Waals surface area contributed by atoms with E-state index in [9.17, 15) is 27.2 Å². The number of carbonyl (C=O) groups is 2. The molecule has 0 radical (unpaired) electrons. The van der Waals surface area contributed by atoms with Gasteiger partial charge in [-0.15, -0.1) is 0 Å². The number of ether oxygens (including phenoxy) is 2. The Kier molecular flexibility index (Phi) is 5.59. The molecular formula is C24H12F4O4. The predicted octanol–water partition coefficient (Wildman–Crippen LogP) is 5.83. The lowest BCUT2D eigenvalue weighted by atomic mass is 10.1. The van der Waals surface area contributed by atoms with Crippen LogP contribution in [-0.2, 0) is 0 Å². The zero-order chi connectivity index (χ0) is 22.8. The minimum atomic E-state index is -1.37. The van der Waals surface area contributed by atoms with Crippen molar-refractivity contribution in [3.63, 3.8) is 0 Å². The molecule has 0 fully saturated rings. The molecule has 0 unspecified atom stereocenters. The summed E-state index contributed by atoms with van der Waals surface area (Å²) in [6.07, 6.45) is 0. The fraction of sp³-hybridized carbons (Fsp3) is 0. The second-order valence-electron chi connectivity index (χ2n) is 6.59. The standard InChI is InChI=1S/C24H12F4O4/c25-16-9-3-7-14(21(16)27)23(29)31-18-11-1-5-13-6-2-12-19(20(13)18)32-24(30)15-8-4-10-17(26)22(15)28/h1-12H. The van der Waals surface area contributed by atoms with E-state index in [1.807, 2.05) is 0 Å². The zero-order valence-electron chi connectivity index (χ0n) is 16.1. The summed E-state index contributed by atoms with van der Waals surface area (Å²) in [6.45, 7) is 0. The van der Waals surface area contributed by atoms with Crippen molar-refractivity contribution in [3.8, 4) is 11.5 Å². The van der Waals surface area contributed by atoms with Crippen LogP contribution in [0.15, 0.2) is 72.8 Å². The Morgan fingerprint density at radius 1 is 0.562 bits per heavy atom. The van der Waals surface area contributed by atoms with Gasteiger partial charge < -0.3 is 9.47 Å². The van der Waals surface area contributed by atoms with Gasteiger partial charge in [0, 0.05) is 0 Å². The highest BCUT2D eigenvalue weighted by atomic mass is 19.2. The number of rotatable bonds is 4. The first-order valence-corrected chi connectivity index (χ1v) is 9.21. The fourth-order valence-electron chi connectivity index (χ4n) is 3.08. The molecule has 0 saturated carbocycles. The largest absolute Gasteiger partial charge is 0.422 e. The molecule has 0 atom stereocenters. The molecule has 8 heteroatoms. The molecule has 0 spiro atoms. The Morgan fingerprint density at radius 3 is 1.41 bits per heavy atom. The summed E-state index contributed by atoms with van der Waals surface area (Å²) in [6, 6.07) is 15.1. The van der Waals surface area contributed by atoms with Crippen LogP contribution in [0.25, 0.3) is 10.8 Å². The molecular weight excluding hydrogens is 428 g/mol. The molecule has 4 aromatic carbocycles. The molecule has 0 heterocycles. The van der Waals surface area contributed by atoms with Crippen LogP contribution in [0.5, 0.6) is 11.5 Å². The van der Waals surface area contributed by atoms with E-state index in [1.54, 1.807) is 12.1 Å². The topological polar surface area (TPSA) is 52.6 Å². The van der Waals surface area contributed by atoms with Gasteiger partial charge in [-0.05, 0) is 41.8 Å². The minimum absolute atomic E-state index is 0.112. The van der Waals surface area contributed by atoms with Gasteiger partial charge in [-0.2, -0.15) is 0 Å². The molecule has 0 aliphatic carbocycles. The van der Waals surface area contributed by atoms with Crippen molar-refractivity contribution in [3.05, 3.63) is 107 Å². The zero-order valence-corrected chi connectivity index (χ0v) is 16.1. The van der Waals surface area contributed by atoms with Crippen molar-refractivity contribution in [2.45, 2.75) is 0 Å². The molecule has 160 valence electrons. The van der Waals surface area contributed by atoms with Crippen molar-refractivity contribution in [1.29, 1.82) is 0 Å². The number of carbonyl (C=O) groups excluding carboxylic acids is 2. The third kappa shape index (κ3) is 3.90. The molecule has 0 aliphatic heterocycles. The Labute approximate surface area is 178 Å². The van der Waals surface area contributed by atoms with E-state index in [0.717, 1.165) is 36.4 Å². The van der Waals surface area contributed by atoms with Crippen molar-refractivity contribution < 1.29 is 36.6 Å². The molecule has 0 saturated heterocycles. The van der Waals surface area contributed by atoms with Crippen LogP contribution in [0.3, 0.4) is 0 Å². The lowest BCUT2D eigenvalue weighted by Crippen LogP contribution is -2.13. The lowest BCUT2D eigenvalue weighted by Gasteiger charge is -2.13. The Bertz CT molecular complexity index is 1270. The van der Waals surface area contributed by atoms with Gasteiger partial charge in [0.1, 0.15) is 11.5 Å². The Hall–Kier alpha value is -4.20. The van der Waals surface area contributed by atoms with Crippen LogP contribution < -0.4 is 9.47 Å². The summed E-state index contributed by atoms with van der Waals surface area (Å²) in [7, 11) is 0. The second kappa shape index (κ2) is 8.50. The average molecular weight is 440 g/mol. The third-order valence-corrected chi connectivity index (χ3v) is 4.58. The maximum Gasteiger partial charge on any atom is 0.346 e. The SMILES string of the molecule is O=C(Oc1cccc2cccc(OC(=O)c3cccc(F)c3F)c12)c1cccc(F)c1F. The van der Waals surface area contributed by atoms with Crippen molar-refractivity contribution >= 4 is 22.7 Å². The molecule has 0 bridgehead atoms. The van der Waals surface area contributed by atoms with Crippen molar-refractivity contribution in [2.24, 2.45) is 0 Å². The van der Waals surface area contributed by atoms with Gasteiger partial charge in [-0.3, -0.25) is 0 Å². The van der Waals surface area contributed by atoms with Gasteiger partial charge >= 0.3 is 11.9 Å². The molecule has 0 N–H and O–H groups in total. The number of benzene rings is 4. The minimum Gasteiger partial charge on any atom is -0.422 e. The van der Waals surface area contributed by atoms with E-state index in [4.69, 9.17) is 9.47 Å². The molecule has 0 aromatic heterocycles. The van der Waals surface area contributed by atoms with Gasteiger partial charge in [0.25, 0.3) is 0 Å². The molecule has 4 rings (SSSR count). The van der Waals surface area contributed by atoms with Crippen molar-refractivity contribution in [2.75, 3.05) is 0 Å². The fourth-order valence-corrected chi connectivity index (χ4v) is 3.08. The smallest absolute Gasteiger partial charge is 0.346 e. The Morgan fingerprint density at radius 2 is 0.969 bits per heavy atom. The summed E-state index contributed by atoms with van der Waals surface area (Å²) >= 11 is 0. The number of halogens is 4. The first-order valence-electron chi connectivity index (χ1n) is 9.21. The van der Waals surface area contributed by atoms with Gasteiger partial charge in [0.15, 0.2) is 23.3 Å². The highest BCUT2D eigenvalue weighted by Crippen LogP contribution is 2.35. The second-order valence-corrected chi connectivity index (χ2v) is 6.59. The van der Waals surface area contributed by atoms with Crippen LogP contribution in [0.1, 0.15) is 20.7 Å². The van der Waals surface area contributed by atoms with Gasteiger partial charge in [0.2, 0.25) is 0 Å². The van der Waals surface area contributed by atoms with E-state index < -0.39 is 46.3 Å². The molecule has 4 nitrogen and oxygen atoms in total. The third-order valence-electron chi connectivity index (χ3n) is 4.58. The van der Waals surface area contributed by atoms with Gasteiger partial charge in [-0.1, -0.05) is 36.4 Å². The highest BCUT2D eigenvalue weighted by Gasteiger charge is 2.21. The van der Waals surface area contributed by atoms with E-state index >= 15 is 0 Å². The maximum atomic E-state index is 14.0. The monoisotopic (exact) mass is 440 g/mol. The van der Waals surface area contributed by atoms with Gasteiger partial charge in [0.05, 0.1) is 16.5 Å². The first-order chi connectivity index (χ1) is 15.4. The van der Waals surface area contributed by atoms with E-state index in [-0.39, 0.29) is 16.9 Å².